The van der Waals surface area contributed by atoms with Gasteiger partial charge in [0, 0.05) is 19.4 Å². The summed E-state index contributed by atoms with van der Waals surface area (Å²) >= 11 is 0. The summed E-state index contributed by atoms with van der Waals surface area (Å²) in [7, 11) is 0. The third kappa shape index (κ3) is 7.73. The molecule has 3 fully saturated rings. The first-order chi connectivity index (χ1) is 16.8. The van der Waals surface area contributed by atoms with Gasteiger partial charge in [-0.25, -0.2) is 0 Å². The van der Waals surface area contributed by atoms with E-state index in [1.165, 1.54) is 13.0 Å². The quantitative estimate of drug-likeness (QED) is 0.198. The standard InChI is InChI=1S/C27H41NO8/c1-16(8-11-23-25(31)27(15-33-27)14-26(6,32)36-23)7-10-22-17(2)13-21(19(4)35-22)28-24(30)12-9-18(3)34-20(5)29/h7-9,11-12,17-19,21-23,25,31-32H,10,13-15H2,1-6H3,(H,28,30)/b11-8+,12-9?,16-7?. The minimum absolute atomic E-state index is 0.0106. The van der Waals surface area contributed by atoms with Gasteiger partial charge in [0.1, 0.15) is 23.9 Å². The Morgan fingerprint density at radius 1 is 1.25 bits per heavy atom. The van der Waals surface area contributed by atoms with Gasteiger partial charge in [0.15, 0.2) is 5.79 Å². The summed E-state index contributed by atoms with van der Waals surface area (Å²) in [5, 5.41) is 23.9. The van der Waals surface area contributed by atoms with Crippen molar-refractivity contribution in [2.45, 2.75) is 109 Å². The van der Waals surface area contributed by atoms with E-state index in [1.807, 2.05) is 19.9 Å². The third-order valence-electron chi connectivity index (χ3n) is 7.02. The first-order valence-corrected chi connectivity index (χ1v) is 12.7. The first kappa shape index (κ1) is 28.5. The number of aliphatic hydroxyl groups excluding tert-OH is 1. The van der Waals surface area contributed by atoms with Gasteiger partial charge in [-0.05, 0) is 52.5 Å². The van der Waals surface area contributed by atoms with Crippen LogP contribution < -0.4 is 5.32 Å². The van der Waals surface area contributed by atoms with E-state index in [-0.39, 0.29) is 36.5 Å². The lowest BCUT2D eigenvalue weighted by Crippen LogP contribution is -2.54. The third-order valence-corrected chi connectivity index (χ3v) is 7.02. The number of carbonyl (C=O) groups excluding carboxylic acids is 2. The normalized spacial score (nSPS) is 39.9. The number of esters is 1. The molecule has 0 aromatic rings. The van der Waals surface area contributed by atoms with E-state index in [2.05, 4.69) is 18.3 Å². The molecule has 3 saturated heterocycles. The molecule has 0 aliphatic carbocycles. The molecule has 3 aliphatic heterocycles. The Labute approximate surface area is 213 Å². The van der Waals surface area contributed by atoms with Crippen molar-refractivity contribution in [3.05, 3.63) is 36.0 Å². The minimum Gasteiger partial charge on any atom is -0.459 e. The largest absolute Gasteiger partial charge is 0.459 e. The van der Waals surface area contributed by atoms with Gasteiger partial charge < -0.3 is 34.5 Å². The maximum absolute atomic E-state index is 12.3. The monoisotopic (exact) mass is 507 g/mol. The molecule has 202 valence electrons. The van der Waals surface area contributed by atoms with E-state index in [0.717, 1.165) is 12.0 Å². The molecular weight excluding hydrogens is 466 g/mol. The van der Waals surface area contributed by atoms with Crippen LogP contribution in [0.5, 0.6) is 0 Å². The highest BCUT2D eigenvalue weighted by atomic mass is 16.7. The summed E-state index contributed by atoms with van der Waals surface area (Å²) in [5.74, 6) is -1.75. The molecule has 3 rings (SSSR count). The summed E-state index contributed by atoms with van der Waals surface area (Å²) < 4.78 is 22.3. The number of hydrogen-bond acceptors (Lipinski definition) is 8. The molecule has 0 aromatic carbocycles. The number of amides is 1. The van der Waals surface area contributed by atoms with Crippen molar-refractivity contribution in [2.75, 3.05) is 6.61 Å². The van der Waals surface area contributed by atoms with Gasteiger partial charge in [-0.3, -0.25) is 9.59 Å². The van der Waals surface area contributed by atoms with Crippen molar-refractivity contribution in [2.24, 2.45) is 5.92 Å². The molecule has 0 aromatic heterocycles. The zero-order valence-electron chi connectivity index (χ0n) is 22.1. The summed E-state index contributed by atoms with van der Waals surface area (Å²) in [6.07, 6.45) is 8.33. The van der Waals surface area contributed by atoms with Crippen molar-refractivity contribution >= 4 is 11.9 Å². The van der Waals surface area contributed by atoms with Crippen molar-refractivity contribution in [3.8, 4) is 0 Å². The second-order valence-electron chi connectivity index (χ2n) is 10.7. The molecule has 0 bridgehead atoms. The highest BCUT2D eigenvalue weighted by Gasteiger charge is 2.61. The van der Waals surface area contributed by atoms with Crippen molar-refractivity contribution in [1.82, 2.24) is 5.32 Å². The van der Waals surface area contributed by atoms with E-state index in [9.17, 15) is 19.8 Å². The van der Waals surface area contributed by atoms with E-state index < -0.39 is 35.7 Å². The van der Waals surface area contributed by atoms with Crippen LogP contribution >= 0.6 is 0 Å². The molecule has 3 aliphatic rings. The first-order valence-electron chi connectivity index (χ1n) is 12.7. The second-order valence-corrected chi connectivity index (χ2v) is 10.7. The molecule has 3 N–H and O–H groups in total. The number of carbonyl (C=O) groups is 2. The average Bonchev–Trinajstić information content (AvgIpc) is 3.54. The van der Waals surface area contributed by atoms with Crippen LogP contribution in [0.4, 0.5) is 0 Å². The number of ether oxygens (including phenoxy) is 4. The summed E-state index contributed by atoms with van der Waals surface area (Å²) in [6.45, 7) is 11.1. The van der Waals surface area contributed by atoms with Crippen LogP contribution in [0.1, 0.15) is 60.8 Å². The Morgan fingerprint density at radius 2 is 1.94 bits per heavy atom. The van der Waals surface area contributed by atoms with Crippen LogP contribution in [0.2, 0.25) is 0 Å². The van der Waals surface area contributed by atoms with Crippen molar-refractivity contribution < 1.29 is 38.7 Å². The van der Waals surface area contributed by atoms with Crippen LogP contribution in [-0.4, -0.2) is 76.6 Å². The van der Waals surface area contributed by atoms with E-state index in [0.29, 0.717) is 13.0 Å². The Morgan fingerprint density at radius 3 is 2.58 bits per heavy atom. The molecule has 1 amide bonds. The summed E-state index contributed by atoms with van der Waals surface area (Å²) in [4.78, 5) is 23.3. The molecule has 0 saturated carbocycles. The summed E-state index contributed by atoms with van der Waals surface area (Å²) in [5.41, 5.74) is 0.283. The molecule has 9 unspecified atom stereocenters. The number of allylic oxidation sites excluding steroid dienone is 2. The van der Waals surface area contributed by atoms with Gasteiger partial charge in [0.25, 0.3) is 0 Å². The van der Waals surface area contributed by atoms with Gasteiger partial charge in [0.05, 0.1) is 24.9 Å². The van der Waals surface area contributed by atoms with Gasteiger partial charge in [-0.1, -0.05) is 30.7 Å². The smallest absolute Gasteiger partial charge is 0.303 e. The predicted octanol–water partition coefficient (Wildman–Crippen LogP) is 2.31. The fraction of sp³-hybridized carbons (Fsp3) is 0.704. The number of hydrogen-bond donors (Lipinski definition) is 3. The Balaban J connectivity index is 1.49. The fourth-order valence-electron chi connectivity index (χ4n) is 4.95. The maximum Gasteiger partial charge on any atom is 0.303 e. The lowest BCUT2D eigenvalue weighted by Gasteiger charge is -2.40. The zero-order chi connectivity index (χ0) is 26.7. The van der Waals surface area contributed by atoms with Crippen LogP contribution in [-0.2, 0) is 28.5 Å². The zero-order valence-corrected chi connectivity index (χ0v) is 22.1. The van der Waals surface area contributed by atoms with Crippen molar-refractivity contribution in [3.63, 3.8) is 0 Å². The maximum atomic E-state index is 12.3. The van der Waals surface area contributed by atoms with Gasteiger partial charge in [-0.15, -0.1) is 0 Å². The van der Waals surface area contributed by atoms with E-state index in [4.69, 9.17) is 18.9 Å². The number of epoxide rings is 1. The van der Waals surface area contributed by atoms with E-state index in [1.54, 1.807) is 26.0 Å². The second kappa shape index (κ2) is 11.6. The Kier molecular flexibility index (Phi) is 9.16. The Hall–Kier alpha value is -2.04. The van der Waals surface area contributed by atoms with Crippen LogP contribution in [0.15, 0.2) is 36.0 Å². The van der Waals surface area contributed by atoms with Crippen LogP contribution in [0, 0.1) is 5.92 Å². The number of rotatable bonds is 8. The van der Waals surface area contributed by atoms with Gasteiger partial charge in [0.2, 0.25) is 5.91 Å². The van der Waals surface area contributed by atoms with Crippen LogP contribution in [0.25, 0.3) is 0 Å². The molecule has 1 spiro atoms. The fourth-order valence-corrected chi connectivity index (χ4v) is 4.95. The SMILES string of the molecule is CC(=O)OC(C)C=CC(=O)NC1CC(C)C(CC=C(C)/C=C/C2OC(C)(O)CC3(CO3)C2O)OC1C. The Bertz CT molecular complexity index is 890. The molecular formula is C27H41NO8. The molecule has 9 nitrogen and oxygen atoms in total. The number of nitrogens with one attached hydrogen (secondary N) is 1. The lowest BCUT2D eigenvalue weighted by atomic mass is 9.87. The number of aliphatic hydroxyl groups is 2. The highest BCUT2D eigenvalue weighted by Crippen LogP contribution is 2.45. The highest BCUT2D eigenvalue weighted by molar-refractivity contribution is 5.87. The minimum atomic E-state index is -1.34. The van der Waals surface area contributed by atoms with Gasteiger partial charge >= 0.3 is 5.97 Å². The van der Waals surface area contributed by atoms with Crippen LogP contribution in [0.3, 0.4) is 0 Å². The molecule has 3 heterocycles. The molecule has 36 heavy (non-hydrogen) atoms. The van der Waals surface area contributed by atoms with E-state index >= 15 is 0 Å². The summed E-state index contributed by atoms with van der Waals surface area (Å²) in [6, 6.07) is -0.114. The molecule has 9 heteroatoms. The topological polar surface area (TPSA) is 127 Å². The average molecular weight is 508 g/mol. The molecule has 9 atom stereocenters. The predicted molar refractivity (Wildman–Crippen MR) is 133 cm³/mol. The van der Waals surface area contributed by atoms with Crippen molar-refractivity contribution in [1.29, 1.82) is 0 Å². The molecule has 0 radical (unpaired) electrons. The lowest BCUT2D eigenvalue weighted by molar-refractivity contribution is -0.272. The van der Waals surface area contributed by atoms with Gasteiger partial charge in [-0.2, -0.15) is 0 Å².